The Morgan fingerprint density at radius 3 is 1.85 bits per heavy atom. The van der Waals surface area contributed by atoms with E-state index in [1.165, 1.54) is 12.1 Å². The first-order valence-electron chi connectivity index (χ1n) is 13.4. The lowest BCUT2D eigenvalue weighted by molar-refractivity contribution is -0.155. The van der Waals surface area contributed by atoms with Crippen LogP contribution in [0.1, 0.15) is 66.9 Å². The molecule has 0 saturated heterocycles. The molecule has 0 aliphatic rings. The Kier molecular flexibility index (Phi) is 15.5. The fraction of sp³-hybridized carbons (Fsp3) is 0.643. The highest BCUT2D eigenvalue weighted by Gasteiger charge is 2.25. The van der Waals surface area contributed by atoms with E-state index in [9.17, 15) is 19.2 Å². The summed E-state index contributed by atoms with van der Waals surface area (Å²) in [5.74, 6) is -0.772. The number of esters is 1. The van der Waals surface area contributed by atoms with Crippen molar-refractivity contribution in [3.05, 3.63) is 23.8 Å². The molecule has 1 rings (SSSR count). The molecule has 0 aromatic heterocycles. The molecule has 0 bridgehead atoms. The molecule has 40 heavy (non-hydrogen) atoms. The van der Waals surface area contributed by atoms with Crippen LogP contribution in [0.2, 0.25) is 0 Å². The summed E-state index contributed by atoms with van der Waals surface area (Å²) in [7, 11) is 0. The van der Waals surface area contributed by atoms with Gasteiger partial charge in [0.2, 0.25) is 0 Å². The van der Waals surface area contributed by atoms with Crippen molar-refractivity contribution in [3.63, 3.8) is 0 Å². The van der Waals surface area contributed by atoms with Crippen LogP contribution in [0.4, 0.5) is 14.4 Å². The molecule has 0 heterocycles. The van der Waals surface area contributed by atoms with Gasteiger partial charge in [0, 0.05) is 0 Å². The minimum atomic E-state index is -1.10. The van der Waals surface area contributed by atoms with E-state index in [2.05, 4.69) is 0 Å². The first kappa shape index (κ1) is 34.5. The normalized spacial score (nSPS) is 13.2. The smallest absolute Gasteiger partial charge is 0.458 e. The van der Waals surface area contributed by atoms with E-state index in [1.54, 1.807) is 19.9 Å². The van der Waals surface area contributed by atoms with E-state index in [1.807, 2.05) is 34.6 Å². The van der Waals surface area contributed by atoms with Crippen molar-refractivity contribution >= 4 is 24.4 Å². The lowest BCUT2D eigenvalue weighted by Crippen LogP contribution is -2.39. The third-order valence-electron chi connectivity index (χ3n) is 5.19. The number of nitrogens with two attached hydrogens (primary N) is 1. The Morgan fingerprint density at radius 2 is 1.30 bits per heavy atom. The Morgan fingerprint density at radius 1 is 0.750 bits per heavy atom. The molecule has 0 saturated carbocycles. The van der Waals surface area contributed by atoms with Crippen LogP contribution >= 0.6 is 0 Å². The summed E-state index contributed by atoms with van der Waals surface area (Å²) >= 11 is 0. The predicted octanol–water partition coefficient (Wildman–Crippen LogP) is 5.17. The van der Waals surface area contributed by atoms with Gasteiger partial charge in [-0.05, 0) is 56.2 Å². The van der Waals surface area contributed by atoms with Crippen molar-refractivity contribution in [2.75, 3.05) is 19.8 Å². The molecule has 12 heteroatoms. The average molecular weight is 570 g/mol. The zero-order chi connectivity index (χ0) is 30.2. The van der Waals surface area contributed by atoms with Gasteiger partial charge in [-0.1, -0.05) is 47.1 Å². The zero-order valence-corrected chi connectivity index (χ0v) is 24.4. The van der Waals surface area contributed by atoms with E-state index in [-0.39, 0.29) is 49.6 Å². The van der Waals surface area contributed by atoms with Crippen molar-refractivity contribution in [2.45, 2.75) is 86.0 Å². The molecule has 0 fully saturated rings. The number of benzene rings is 1. The number of unbranched alkanes of at least 4 members (excludes halogenated alkanes) is 1. The van der Waals surface area contributed by atoms with E-state index in [4.69, 9.17) is 38.9 Å². The predicted molar refractivity (Wildman–Crippen MR) is 144 cm³/mol. The van der Waals surface area contributed by atoms with E-state index in [0.29, 0.717) is 12.0 Å². The number of carbonyl (C=O) groups excluding carboxylic acids is 4. The van der Waals surface area contributed by atoms with Crippen molar-refractivity contribution in [3.8, 4) is 11.5 Å². The number of hydrogen-bond donors (Lipinski definition) is 1. The highest BCUT2D eigenvalue weighted by Crippen LogP contribution is 2.30. The van der Waals surface area contributed by atoms with Crippen molar-refractivity contribution in [1.82, 2.24) is 0 Å². The molecular formula is C28H43NO11. The Balaban J connectivity index is 2.87. The number of ether oxygens (including phenoxy) is 7. The maximum absolute atomic E-state index is 12.6. The third-order valence-corrected chi connectivity index (χ3v) is 5.19. The molecule has 3 atom stereocenters. The van der Waals surface area contributed by atoms with Crippen molar-refractivity contribution in [2.24, 2.45) is 17.6 Å². The minimum Gasteiger partial charge on any atom is -0.458 e. The molecular weight excluding hydrogens is 526 g/mol. The lowest BCUT2D eigenvalue weighted by atomic mass is 10.1. The monoisotopic (exact) mass is 569 g/mol. The summed E-state index contributed by atoms with van der Waals surface area (Å²) in [6.45, 7) is 13.1. The largest absolute Gasteiger partial charge is 0.513 e. The van der Waals surface area contributed by atoms with Crippen LogP contribution in [0.25, 0.3) is 0 Å². The average Bonchev–Trinajstić information content (AvgIpc) is 2.87. The van der Waals surface area contributed by atoms with Crippen LogP contribution in [0, 0.1) is 11.8 Å². The van der Waals surface area contributed by atoms with Gasteiger partial charge < -0.3 is 38.9 Å². The number of carbonyl (C=O) groups is 4. The number of rotatable bonds is 15. The zero-order valence-electron chi connectivity index (χ0n) is 24.4. The van der Waals surface area contributed by atoms with Gasteiger partial charge in [0.15, 0.2) is 11.5 Å². The molecule has 0 spiro atoms. The quantitative estimate of drug-likeness (QED) is 0.128. The maximum Gasteiger partial charge on any atom is 0.513 e. The summed E-state index contributed by atoms with van der Waals surface area (Å²) in [6.07, 6.45) is -2.80. The number of hydrogen-bond acceptors (Lipinski definition) is 12. The minimum absolute atomic E-state index is 0.00463. The Bertz CT molecular complexity index is 964. The second kappa shape index (κ2) is 17.9. The Labute approximate surface area is 235 Å². The standard InChI is InChI=1S/C28H43NO11/c1-8-9-12-34-26(31)38-20(7)19(6)37-25(30)22(29)13-21-10-11-23(39-27(32)35-15-17(2)3)24(14-21)40-28(33)36-16-18(4)5/h10-11,14,17-20,22H,8-9,12-13,15-16,29H2,1-7H3/t19-,20-,22-/m0/s1. The van der Waals surface area contributed by atoms with Crippen molar-refractivity contribution in [1.29, 1.82) is 0 Å². The molecule has 1 aromatic carbocycles. The second-order valence-electron chi connectivity index (χ2n) is 10.1. The molecule has 1 aromatic rings. The van der Waals surface area contributed by atoms with Crippen molar-refractivity contribution < 1.29 is 52.3 Å². The summed E-state index contributed by atoms with van der Waals surface area (Å²) in [6, 6.07) is 3.23. The van der Waals surface area contributed by atoms with Gasteiger partial charge in [-0.15, -0.1) is 0 Å². The topological polar surface area (TPSA) is 159 Å². The fourth-order valence-electron chi connectivity index (χ4n) is 2.84. The summed E-state index contributed by atoms with van der Waals surface area (Å²) in [5, 5.41) is 0. The van der Waals surface area contributed by atoms with Crippen LogP contribution in [0.15, 0.2) is 18.2 Å². The first-order valence-corrected chi connectivity index (χ1v) is 13.4. The van der Waals surface area contributed by atoms with Gasteiger partial charge in [-0.2, -0.15) is 0 Å². The molecule has 0 aliphatic heterocycles. The van der Waals surface area contributed by atoms with E-state index < -0.39 is 42.7 Å². The highest BCUT2D eigenvalue weighted by molar-refractivity contribution is 5.76. The van der Waals surface area contributed by atoms with Gasteiger partial charge in [0.1, 0.15) is 18.2 Å². The van der Waals surface area contributed by atoms with Crippen LogP contribution in [0.5, 0.6) is 11.5 Å². The Hall–Kier alpha value is -3.54. The summed E-state index contributed by atoms with van der Waals surface area (Å²) in [4.78, 5) is 48.6. The molecule has 0 amide bonds. The van der Waals surface area contributed by atoms with Crippen LogP contribution in [-0.4, -0.2) is 62.5 Å². The SMILES string of the molecule is CCCCOC(=O)O[C@@H](C)[C@H](C)OC(=O)[C@@H](N)Cc1ccc(OC(=O)OCC(C)C)c(OC(=O)OCC(C)C)c1. The van der Waals surface area contributed by atoms with Gasteiger partial charge >= 0.3 is 24.4 Å². The third kappa shape index (κ3) is 14.0. The molecule has 0 radical (unpaired) electrons. The summed E-state index contributed by atoms with van der Waals surface area (Å²) < 4.78 is 36.0. The maximum atomic E-state index is 12.6. The molecule has 0 aliphatic carbocycles. The van der Waals surface area contributed by atoms with Gasteiger partial charge in [-0.3, -0.25) is 4.79 Å². The van der Waals surface area contributed by atoms with E-state index >= 15 is 0 Å². The lowest BCUT2D eigenvalue weighted by Gasteiger charge is -2.22. The second-order valence-corrected chi connectivity index (χ2v) is 10.1. The fourth-order valence-corrected chi connectivity index (χ4v) is 2.84. The molecule has 0 unspecified atom stereocenters. The van der Waals surface area contributed by atoms with Crippen LogP contribution in [-0.2, 0) is 34.9 Å². The first-order chi connectivity index (χ1) is 18.8. The molecule has 226 valence electrons. The van der Waals surface area contributed by atoms with E-state index in [0.717, 1.165) is 6.42 Å². The summed E-state index contributed by atoms with van der Waals surface area (Å²) in [5.41, 5.74) is 6.54. The van der Waals surface area contributed by atoms with Crippen LogP contribution in [0.3, 0.4) is 0 Å². The van der Waals surface area contributed by atoms with Gasteiger partial charge in [0.05, 0.1) is 19.8 Å². The molecule has 2 N–H and O–H groups in total. The van der Waals surface area contributed by atoms with Gasteiger partial charge in [0.25, 0.3) is 0 Å². The van der Waals surface area contributed by atoms with Gasteiger partial charge in [-0.25, -0.2) is 14.4 Å². The molecule has 12 nitrogen and oxygen atoms in total. The van der Waals surface area contributed by atoms with Crippen LogP contribution < -0.4 is 15.2 Å². The highest BCUT2D eigenvalue weighted by atomic mass is 16.7.